The van der Waals surface area contributed by atoms with E-state index in [2.05, 4.69) is 5.32 Å². The minimum Gasteiger partial charge on any atom is -0.465 e. The van der Waals surface area contributed by atoms with Gasteiger partial charge in [-0.3, -0.25) is 4.79 Å². The van der Waals surface area contributed by atoms with Crippen LogP contribution in [0.2, 0.25) is 0 Å². The van der Waals surface area contributed by atoms with Gasteiger partial charge >= 0.3 is 5.97 Å². The molecule has 0 radical (unpaired) electrons. The van der Waals surface area contributed by atoms with Crippen molar-refractivity contribution in [2.75, 3.05) is 11.9 Å². The molecule has 128 valence electrons. The number of carbonyl (C=O) groups is 2. The standard InChI is InChI=1S/C19H18N2O4/c1-13(2)16-7-3-4-8-17(16)21-18(22)12-25-19(23)14(11-20)10-15-6-5-9-24-15/h3-10,13H,12H2,1-2H3,(H,21,22)/b14-10+. The second-order valence-electron chi connectivity index (χ2n) is 5.55. The molecule has 2 rings (SSSR count). The molecule has 6 nitrogen and oxygen atoms in total. The van der Waals surface area contributed by atoms with Gasteiger partial charge in [-0.15, -0.1) is 0 Å². The first-order chi connectivity index (χ1) is 12.0. The topological polar surface area (TPSA) is 92.3 Å². The second-order valence-corrected chi connectivity index (χ2v) is 5.55. The van der Waals surface area contributed by atoms with Gasteiger partial charge in [0.05, 0.1) is 6.26 Å². The third kappa shape index (κ3) is 5.08. The van der Waals surface area contributed by atoms with E-state index in [-0.39, 0.29) is 11.5 Å². The number of rotatable bonds is 6. The molecule has 0 aliphatic rings. The molecule has 1 amide bonds. The Balaban J connectivity index is 1.96. The van der Waals surface area contributed by atoms with Crippen molar-refractivity contribution in [3.05, 3.63) is 59.6 Å². The molecule has 0 saturated carbocycles. The van der Waals surface area contributed by atoms with Crippen molar-refractivity contribution in [2.45, 2.75) is 19.8 Å². The van der Waals surface area contributed by atoms with Crippen LogP contribution < -0.4 is 5.32 Å². The number of anilines is 1. The molecule has 2 aromatic rings. The van der Waals surface area contributed by atoms with E-state index in [0.29, 0.717) is 11.4 Å². The van der Waals surface area contributed by atoms with E-state index in [9.17, 15) is 9.59 Å². The second kappa shape index (κ2) is 8.50. The highest BCUT2D eigenvalue weighted by Crippen LogP contribution is 2.23. The number of nitrogens with one attached hydrogen (secondary N) is 1. The van der Waals surface area contributed by atoms with Gasteiger partial charge in [-0.05, 0) is 29.7 Å². The zero-order valence-corrected chi connectivity index (χ0v) is 14.0. The highest BCUT2D eigenvalue weighted by molar-refractivity contribution is 6.00. The Labute approximate surface area is 145 Å². The number of hydrogen-bond acceptors (Lipinski definition) is 5. The monoisotopic (exact) mass is 338 g/mol. The third-order valence-corrected chi connectivity index (χ3v) is 3.36. The van der Waals surface area contributed by atoms with Gasteiger partial charge in [-0.2, -0.15) is 5.26 Å². The molecule has 0 unspecified atom stereocenters. The third-order valence-electron chi connectivity index (χ3n) is 3.36. The number of amides is 1. The van der Waals surface area contributed by atoms with Gasteiger partial charge in [0.2, 0.25) is 0 Å². The molecule has 0 spiro atoms. The first-order valence-corrected chi connectivity index (χ1v) is 7.72. The summed E-state index contributed by atoms with van der Waals surface area (Å²) in [5.74, 6) is -0.771. The summed E-state index contributed by atoms with van der Waals surface area (Å²) in [6.07, 6.45) is 2.68. The first-order valence-electron chi connectivity index (χ1n) is 7.72. The Morgan fingerprint density at radius 1 is 1.28 bits per heavy atom. The van der Waals surface area contributed by atoms with Crippen molar-refractivity contribution in [1.29, 1.82) is 5.26 Å². The molecular formula is C19H18N2O4. The summed E-state index contributed by atoms with van der Waals surface area (Å²) in [6, 6.07) is 12.4. The number of nitriles is 1. The molecule has 1 aromatic carbocycles. The van der Waals surface area contributed by atoms with E-state index in [1.807, 2.05) is 32.0 Å². The molecule has 0 bridgehead atoms. The van der Waals surface area contributed by atoms with Crippen molar-refractivity contribution < 1.29 is 18.7 Å². The lowest BCUT2D eigenvalue weighted by molar-refractivity contribution is -0.142. The number of hydrogen-bond donors (Lipinski definition) is 1. The first kappa shape index (κ1) is 18.0. The van der Waals surface area contributed by atoms with Gasteiger partial charge in [0, 0.05) is 11.8 Å². The summed E-state index contributed by atoms with van der Waals surface area (Å²) < 4.78 is 9.94. The molecule has 0 saturated heterocycles. The Hall–Kier alpha value is -3.33. The molecule has 0 atom stereocenters. The molecule has 0 aliphatic carbocycles. The van der Waals surface area contributed by atoms with Gasteiger partial charge in [0.1, 0.15) is 17.4 Å². The van der Waals surface area contributed by atoms with Crippen LogP contribution in [-0.4, -0.2) is 18.5 Å². The van der Waals surface area contributed by atoms with Crippen LogP contribution in [0.1, 0.15) is 31.1 Å². The Kier molecular flexibility index (Phi) is 6.13. The summed E-state index contributed by atoms with van der Waals surface area (Å²) in [4.78, 5) is 23.9. The van der Waals surface area contributed by atoms with Crippen LogP contribution in [0.3, 0.4) is 0 Å². The van der Waals surface area contributed by atoms with Crippen molar-refractivity contribution in [3.63, 3.8) is 0 Å². The van der Waals surface area contributed by atoms with Crippen LogP contribution in [0.25, 0.3) is 6.08 Å². The molecule has 1 aromatic heterocycles. The number of carbonyl (C=O) groups excluding carboxylic acids is 2. The van der Waals surface area contributed by atoms with Gasteiger partial charge in [0.25, 0.3) is 5.91 Å². The maximum atomic E-state index is 12.0. The lowest BCUT2D eigenvalue weighted by Crippen LogP contribution is -2.22. The van der Waals surface area contributed by atoms with Crippen LogP contribution in [0.5, 0.6) is 0 Å². The van der Waals surface area contributed by atoms with Crippen LogP contribution in [0.15, 0.2) is 52.7 Å². The molecule has 0 aliphatic heterocycles. The Morgan fingerprint density at radius 2 is 2.04 bits per heavy atom. The molecular weight excluding hydrogens is 320 g/mol. The molecule has 6 heteroatoms. The number of benzene rings is 1. The minimum absolute atomic E-state index is 0.237. The van der Waals surface area contributed by atoms with E-state index in [4.69, 9.17) is 14.4 Å². The van der Waals surface area contributed by atoms with Gasteiger partial charge in [-0.25, -0.2) is 4.79 Å². The maximum absolute atomic E-state index is 12.0. The SMILES string of the molecule is CC(C)c1ccccc1NC(=O)COC(=O)/C(C#N)=C/c1ccco1. The van der Waals surface area contributed by atoms with Crippen molar-refractivity contribution in [2.24, 2.45) is 0 Å². The van der Waals surface area contributed by atoms with Crippen molar-refractivity contribution in [3.8, 4) is 6.07 Å². The van der Waals surface area contributed by atoms with Crippen molar-refractivity contribution in [1.82, 2.24) is 0 Å². The Bertz CT molecular complexity index is 814. The van der Waals surface area contributed by atoms with E-state index in [1.165, 1.54) is 12.3 Å². The zero-order chi connectivity index (χ0) is 18.2. The molecule has 1 N–H and O–H groups in total. The lowest BCUT2D eigenvalue weighted by Gasteiger charge is -2.13. The highest BCUT2D eigenvalue weighted by Gasteiger charge is 2.15. The molecule has 25 heavy (non-hydrogen) atoms. The number of ether oxygens (including phenoxy) is 1. The quantitative estimate of drug-likeness (QED) is 0.494. The minimum atomic E-state index is -0.883. The summed E-state index contributed by atoms with van der Waals surface area (Å²) in [7, 11) is 0. The normalized spacial score (nSPS) is 11.0. The fraction of sp³-hybridized carbons (Fsp3) is 0.211. The van der Waals surface area contributed by atoms with E-state index in [0.717, 1.165) is 5.56 Å². The summed E-state index contributed by atoms with van der Waals surface area (Å²) in [5, 5.41) is 11.7. The van der Waals surface area contributed by atoms with Gasteiger partial charge in [-0.1, -0.05) is 32.0 Å². The number of furan rings is 1. The van der Waals surface area contributed by atoms with Gasteiger partial charge in [0.15, 0.2) is 6.61 Å². The average Bonchev–Trinajstić information content (AvgIpc) is 3.11. The predicted octanol–water partition coefficient (Wildman–Crippen LogP) is 3.49. The van der Waals surface area contributed by atoms with Crippen molar-refractivity contribution >= 4 is 23.6 Å². The summed E-state index contributed by atoms with van der Waals surface area (Å²) >= 11 is 0. The predicted molar refractivity (Wildman–Crippen MR) is 92.4 cm³/mol. The lowest BCUT2D eigenvalue weighted by atomic mass is 10.0. The smallest absolute Gasteiger partial charge is 0.349 e. The zero-order valence-electron chi connectivity index (χ0n) is 14.0. The fourth-order valence-electron chi connectivity index (χ4n) is 2.16. The van der Waals surface area contributed by atoms with E-state index < -0.39 is 18.5 Å². The van der Waals surface area contributed by atoms with Crippen LogP contribution in [0, 0.1) is 11.3 Å². The number of para-hydroxylation sites is 1. The van der Waals surface area contributed by atoms with E-state index >= 15 is 0 Å². The van der Waals surface area contributed by atoms with Crippen LogP contribution >= 0.6 is 0 Å². The van der Waals surface area contributed by atoms with Crippen LogP contribution in [-0.2, 0) is 14.3 Å². The Morgan fingerprint density at radius 3 is 2.68 bits per heavy atom. The maximum Gasteiger partial charge on any atom is 0.349 e. The van der Waals surface area contributed by atoms with Gasteiger partial charge < -0.3 is 14.5 Å². The highest BCUT2D eigenvalue weighted by atomic mass is 16.5. The number of nitrogens with zero attached hydrogens (tertiary/aromatic N) is 1. The molecule has 0 fully saturated rings. The average molecular weight is 338 g/mol. The van der Waals surface area contributed by atoms with E-state index in [1.54, 1.807) is 24.3 Å². The summed E-state index contributed by atoms with van der Waals surface area (Å²) in [5.41, 5.74) is 1.41. The summed E-state index contributed by atoms with van der Waals surface area (Å²) in [6.45, 7) is 3.55. The fourth-order valence-corrected chi connectivity index (χ4v) is 2.16. The van der Waals surface area contributed by atoms with Crippen LogP contribution in [0.4, 0.5) is 5.69 Å². The largest absolute Gasteiger partial charge is 0.465 e. The molecule has 1 heterocycles. The number of esters is 1.